The van der Waals surface area contributed by atoms with Crippen LogP contribution >= 0.6 is 24.0 Å². The van der Waals surface area contributed by atoms with Gasteiger partial charge in [0, 0.05) is 22.7 Å². The Morgan fingerprint density at radius 3 is 2.63 bits per heavy atom. The van der Waals surface area contributed by atoms with Gasteiger partial charge in [0.05, 0.1) is 0 Å². The average molecular weight is 294 g/mol. The van der Waals surface area contributed by atoms with Crippen molar-refractivity contribution in [3.05, 3.63) is 23.8 Å². The third kappa shape index (κ3) is 3.06. The lowest BCUT2D eigenvalue weighted by molar-refractivity contribution is 0.380. The molecular weight excluding hydrogens is 272 g/mol. The van der Waals surface area contributed by atoms with Gasteiger partial charge in [0.25, 0.3) is 0 Å². The van der Waals surface area contributed by atoms with Crippen LogP contribution in [0.3, 0.4) is 0 Å². The summed E-state index contributed by atoms with van der Waals surface area (Å²) >= 11 is 6.89. The molecule has 4 heteroatoms. The highest BCUT2D eigenvalue weighted by Crippen LogP contribution is 2.51. The van der Waals surface area contributed by atoms with Gasteiger partial charge in [-0.1, -0.05) is 32.1 Å². The van der Waals surface area contributed by atoms with E-state index in [2.05, 4.69) is 43.6 Å². The van der Waals surface area contributed by atoms with Gasteiger partial charge in [-0.15, -0.1) is 11.8 Å². The fraction of sp³-hybridized carbons (Fsp3) is 0.533. The minimum atomic E-state index is 0.474. The van der Waals surface area contributed by atoms with Crippen molar-refractivity contribution in [1.29, 1.82) is 0 Å². The van der Waals surface area contributed by atoms with Crippen molar-refractivity contribution in [1.82, 2.24) is 0 Å². The minimum absolute atomic E-state index is 0.474. The van der Waals surface area contributed by atoms with Crippen LogP contribution in [-0.2, 0) is 0 Å². The molecule has 2 nitrogen and oxygen atoms in total. The number of hydrogen-bond donors (Lipinski definition) is 2. The van der Waals surface area contributed by atoms with E-state index in [4.69, 9.17) is 18.0 Å². The van der Waals surface area contributed by atoms with Gasteiger partial charge in [-0.2, -0.15) is 0 Å². The quantitative estimate of drug-likeness (QED) is 0.616. The van der Waals surface area contributed by atoms with Gasteiger partial charge in [-0.05, 0) is 42.6 Å². The molecular formula is C15H22N2S2. The maximum atomic E-state index is 5.88. The molecule has 1 aromatic rings. The van der Waals surface area contributed by atoms with E-state index in [-0.39, 0.29) is 0 Å². The third-order valence-electron chi connectivity index (χ3n) is 4.24. The van der Waals surface area contributed by atoms with E-state index in [9.17, 15) is 0 Å². The van der Waals surface area contributed by atoms with Crippen LogP contribution in [0, 0.1) is 11.3 Å². The van der Waals surface area contributed by atoms with Crippen molar-refractivity contribution in [2.24, 2.45) is 17.1 Å². The molecule has 1 saturated carbocycles. The Kier molecular flexibility index (Phi) is 4.41. The average Bonchev–Trinajstić information content (AvgIpc) is 3.16. The van der Waals surface area contributed by atoms with Crippen LogP contribution in [0.2, 0.25) is 0 Å². The van der Waals surface area contributed by atoms with E-state index in [1.807, 2.05) is 0 Å². The van der Waals surface area contributed by atoms with Crippen LogP contribution in [0.4, 0.5) is 5.69 Å². The number of anilines is 1. The van der Waals surface area contributed by atoms with Crippen LogP contribution in [0.1, 0.15) is 32.3 Å². The molecule has 0 radical (unpaired) electrons. The number of thioether (sulfide) groups is 1. The Hall–Kier alpha value is -0.740. The van der Waals surface area contributed by atoms with Crippen molar-refractivity contribution in [3.63, 3.8) is 0 Å². The molecule has 1 fully saturated rings. The van der Waals surface area contributed by atoms with Crippen LogP contribution in [0.25, 0.3) is 0 Å². The minimum Gasteiger partial charge on any atom is -0.389 e. The van der Waals surface area contributed by atoms with Crippen molar-refractivity contribution >= 4 is 34.7 Å². The predicted molar refractivity (Wildman–Crippen MR) is 89.1 cm³/mol. The fourth-order valence-corrected chi connectivity index (χ4v) is 3.42. The first kappa shape index (κ1) is 14.7. The van der Waals surface area contributed by atoms with Gasteiger partial charge in [0.15, 0.2) is 0 Å². The monoisotopic (exact) mass is 294 g/mol. The number of benzene rings is 1. The summed E-state index contributed by atoms with van der Waals surface area (Å²) in [6, 6.07) is 6.20. The highest BCUT2D eigenvalue weighted by Gasteiger charge is 2.44. The molecule has 1 aliphatic rings. The maximum Gasteiger partial charge on any atom is 0.107 e. The van der Waals surface area contributed by atoms with Crippen molar-refractivity contribution in [3.8, 4) is 0 Å². The van der Waals surface area contributed by atoms with Crippen LogP contribution < -0.4 is 11.1 Å². The number of hydrogen-bond acceptors (Lipinski definition) is 3. The zero-order chi connectivity index (χ0) is 14.0. The maximum absolute atomic E-state index is 5.88. The molecule has 2 rings (SSSR count). The van der Waals surface area contributed by atoms with E-state index < -0.39 is 0 Å². The van der Waals surface area contributed by atoms with Gasteiger partial charge in [0.1, 0.15) is 4.99 Å². The lowest BCUT2D eigenvalue weighted by Gasteiger charge is -2.22. The summed E-state index contributed by atoms with van der Waals surface area (Å²) in [7, 11) is 0. The third-order valence-corrected chi connectivity index (χ3v) is 5.22. The molecule has 0 aliphatic heterocycles. The number of nitrogens with two attached hydrogens (primary N) is 1. The molecule has 0 spiro atoms. The zero-order valence-electron chi connectivity index (χ0n) is 11.8. The van der Waals surface area contributed by atoms with E-state index in [0.717, 1.165) is 28.6 Å². The topological polar surface area (TPSA) is 38.0 Å². The van der Waals surface area contributed by atoms with E-state index >= 15 is 0 Å². The normalized spacial score (nSPS) is 16.4. The largest absolute Gasteiger partial charge is 0.389 e. The number of thiocarbonyl (C=S) groups is 1. The van der Waals surface area contributed by atoms with E-state index in [1.54, 1.807) is 11.8 Å². The highest BCUT2D eigenvalue weighted by molar-refractivity contribution is 7.98. The Morgan fingerprint density at radius 2 is 2.16 bits per heavy atom. The predicted octanol–water partition coefficient (Wildman–Crippen LogP) is 3.89. The summed E-state index contributed by atoms with van der Waals surface area (Å²) in [5.41, 5.74) is 8.42. The smallest absolute Gasteiger partial charge is 0.107 e. The lowest BCUT2D eigenvalue weighted by Crippen LogP contribution is -2.23. The molecule has 3 N–H and O–H groups in total. The molecule has 0 atom stereocenters. The van der Waals surface area contributed by atoms with Gasteiger partial charge < -0.3 is 11.1 Å². The van der Waals surface area contributed by atoms with Crippen LogP contribution in [0.5, 0.6) is 0 Å². The van der Waals surface area contributed by atoms with Gasteiger partial charge in [-0.3, -0.25) is 0 Å². The van der Waals surface area contributed by atoms with Gasteiger partial charge >= 0.3 is 0 Å². The standard InChI is InChI=1S/C15H22N2S2/c1-10(2)15(7-8-15)9-17-11-5-4-6-12(19-3)13(11)14(16)18/h4-6,10,17H,7-9H2,1-3H3,(H2,16,18). The zero-order valence-corrected chi connectivity index (χ0v) is 13.5. The SMILES string of the molecule is CSc1cccc(NCC2(C(C)C)CC2)c1C(N)=S. The number of rotatable bonds is 6. The Morgan fingerprint density at radius 1 is 1.47 bits per heavy atom. The Bertz CT molecular complexity index is 479. The second-order valence-corrected chi connectivity index (χ2v) is 6.91. The molecule has 0 heterocycles. The van der Waals surface area contributed by atoms with Gasteiger partial charge in [0.2, 0.25) is 0 Å². The summed E-state index contributed by atoms with van der Waals surface area (Å²) in [6.45, 7) is 5.63. The first-order valence-electron chi connectivity index (χ1n) is 6.71. The van der Waals surface area contributed by atoms with Crippen molar-refractivity contribution < 1.29 is 0 Å². The molecule has 0 amide bonds. The van der Waals surface area contributed by atoms with Crippen molar-refractivity contribution in [2.75, 3.05) is 18.1 Å². The van der Waals surface area contributed by atoms with Gasteiger partial charge in [-0.25, -0.2) is 0 Å². The van der Waals surface area contributed by atoms with E-state index in [0.29, 0.717) is 10.4 Å². The van der Waals surface area contributed by atoms with Crippen molar-refractivity contribution in [2.45, 2.75) is 31.6 Å². The van der Waals surface area contributed by atoms with Crippen LogP contribution in [0.15, 0.2) is 23.1 Å². The highest BCUT2D eigenvalue weighted by atomic mass is 32.2. The molecule has 1 aromatic carbocycles. The molecule has 19 heavy (non-hydrogen) atoms. The number of nitrogens with one attached hydrogen (secondary N) is 1. The summed E-state index contributed by atoms with van der Waals surface area (Å²) in [5.74, 6) is 0.719. The van der Waals surface area contributed by atoms with Crippen LogP contribution in [-0.4, -0.2) is 17.8 Å². The summed E-state index contributed by atoms with van der Waals surface area (Å²) in [5, 5.41) is 3.57. The first-order chi connectivity index (χ1) is 9.00. The Balaban J connectivity index is 2.19. The second kappa shape index (κ2) is 5.71. The molecule has 0 saturated heterocycles. The molecule has 104 valence electrons. The molecule has 0 aromatic heterocycles. The van der Waals surface area contributed by atoms with E-state index in [1.165, 1.54) is 12.8 Å². The Labute approximate surface area is 125 Å². The molecule has 1 aliphatic carbocycles. The summed E-state index contributed by atoms with van der Waals surface area (Å²) < 4.78 is 0. The molecule has 0 unspecified atom stereocenters. The lowest BCUT2D eigenvalue weighted by atomic mass is 9.92. The molecule has 0 bridgehead atoms. The second-order valence-electron chi connectivity index (χ2n) is 5.62. The summed E-state index contributed by atoms with van der Waals surface area (Å²) in [4.78, 5) is 1.62. The first-order valence-corrected chi connectivity index (χ1v) is 8.34. The summed E-state index contributed by atoms with van der Waals surface area (Å²) in [6.07, 6.45) is 4.70. The fourth-order valence-electron chi connectivity index (χ4n) is 2.49.